The minimum Gasteiger partial charge on any atom is -0.497 e. The van der Waals surface area contributed by atoms with Crippen LogP contribution >= 0.6 is 0 Å². The summed E-state index contributed by atoms with van der Waals surface area (Å²) in [7, 11) is 3.23. The van der Waals surface area contributed by atoms with Gasteiger partial charge in [-0.25, -0.2) is 9.78 Å². The SMILES string of the molecule is COc1ccc(CNc2nccc3c2c(-c2ccc(C(=O)Nc4ccccc4)cc2)nn3C2CCCN(C(=O)O)C2)c(OC)c1. The van der Waals surface area contributed by atoms with E-state index < -0.39 is 6.09 Å². The maximum Gasteiger partial charge on any atom is 0.407 e. The Morgan fingerprint density at radius 1 is 1.00 bits per heavy atom. The maximum atomic E-state index is 12.9. The van der Waals surface area contributed by atoms with Crippen molar-refractivity contribution >= 4 is 34.4 Å². The number of carbonyl (C=O) groups is 2. The van der Waals surface area contributed by atoms with E-state index >= 15 is 0 Å². The molecular weight excluding hydrogens is 572 g/mol. The molecule has 1 fully saturated rings. The second-order valence-corrected chi connectivity index (χ2v) is 10.8. The van der Waals surface area contributed by atoms with Crippen molar-refractivity contribution in [3.8, 4) is 22.8 Å². The largest absolute Gasteiger partial charge is 0.497 e. The summed E-state index contributed by atoms with van der Waals surface area (Å²) >= 11 is 0. The molecule has 1 aliphatic heterocycles. The van der Waals surface area contributed by atoms with Crippen molar-refractivity contribution in [1.82, 2.24) is 19.7 Å². The van der Waals surface area contributed by atoms with Crippen LogP contribution in [-0.4, -0.2) is 64.1 Å². The molecular formula is C34H34N6O5. The number of carboxylic acid groups (broad SMARTS) is 1. The van der Waals surface area contributed by atoms with E-state index in [1.54, 1.807) is 32.5 Å². The molecule has 1 unspecified atom stereocenters. The normalized spacial score (nSPS) is 14.6. The van der Waals surface area contributed by atoms with Crippen molar-refractivity contribution < 1.29 is 24.2 Å². The Kier molecular flexibility index (Phi) is 8.50. The highest BCUT2D eigenvalue weighted by Crippen LogP contribution is 2.36. The highest BCUT2D eigenvalue weighted by molar-refractivity contribution is 6.05. The van der Waals surface area contributed by atoms with Gasteiger partial charge < -0.3 is 30.1 Å². The van der Waals surface area contributed by atoms with Crippen LogP contribution < -0.4 is 20.1 Å². The zero-order chi connectivity index (χ0) is 31.3. The number of amides is 2. The minimum atomic E-state index is -0.932. The summed E-state index contributed by atoms with van der Waals surface area (Å²) in [5.41, 5.74) is 4.48. The number of anilines is 2. The average Bonchev–Trinajstić information content (AvgIpc) is 3.48. The lowest BCUT2D eigenvalue weighted by Crippen LogP contribution is -2.40. The zero-order valence-electron chi connectivity index (χ0n) is 25.1. The van der Waals surface area contributed by atoms with E-state index in [9.17, 15) is 14.7 Å². The van der Waals surface area contributed by atoms with Gasteiger partial charge in [0.25, 0.3) is 5.91 Å². The first-order chi connectivity index (χ1) is 21.9. The zero-order valence-corrected chi connectivity index (χ0v) is 25.1. The van der Waals surface area contributed by atoms with Gasteiger partial charge in [0, 0.05) is 54.3 Å². The molecule has 3 aromatic carbocycles. The number of hydrogen-bond acceptors (Lipinski definition) is 7. The Hall–Kier alpha value is -5.58. The quantitative estimate of drug-likeness (QED) is 0.178. The first kappa shape index (κ1) is 29.5. The number of hydrogen-bond donors (Lipinski definition) is 3. The Labute approximate surface area is 260 Å². The summed E-state index contributed by atoms with van der Waals surface area (Å²) in [5, 5.41) is 21.9. The molecule has 45 heavy (non-hydrogen) atoms. The third-order valence-corrected chi connectivity index (χ3v) is 8.03. The van der Waals surface area contributed by atoms with Crippen molar-refractivity contribution in [2.24, 2.45) is 0 Å². The van der Waals surface area contributed by atoms with Gasteiger partial charge in [-0.05, 0) is 55.3 Å². The van der Waals surface area contributed by atoms with Crippen LogP contribution in [0.4, 0.5) is 16.3 Å². The number of fused-ring (bicyclic) bond motifs is 1. The van der Waals surface area contributed by atoms with Gasteiger partial charge in [0.15, 0.2) is 0 Å². The number of rotatable bonds is 9. The fourth-order valence-corrected chi connectivity index (χ4v) is 5.71. The molecule has 3 heterocycles. The molecule has 11 nitrogen and oxygen atoms in total. The smallest absolute Gasteiger partial charge is 0.407 e. The summed E-state index contributed by atoms with van der Waals surface area (Å²) in [6.45, 7) is 1.28. The van der Waals surface area contributed by atoms with E-state index in [0.29, 0.717) is 48.2 Å². The molecule has 230 valence electrons. The van der Waals surface area contributed by atoms with Crippen molar-refractivity contribution in [3.63, 3.8) is 0 Å². The first-order valence-electron chi connectivity index (χ1n) is 14.7. The van der Waals surface area contributed by atoms with Crippen LogP contribution in [0, 0.1) is 0 Å². The number of para-hydroxylation sites is 1. The number of nitrogens with one attached hydrogen (secondary N) is 2. The predicted molar refractivity (Wildman–Crippen MR) is 172 cm³/mol. The predicted octanol–water partition coefficient (Wildman–Crippen LogP) is 6.29. The van der Waals surface area contributed by atoms with E-state index in [1.165, 1.54) is 4.90 Å². The number of methoxy groups -OCH3 is 2. The highest BCUT2D eigenvalue weighted by atomic mass is 16.5. The molecule has 0 spiro atoms. The number of aromatic nitrogens is 3. The van der Waals surface area contributed by atoms with Crippen LogP contribution in [-0.2, 0) is 6.54 Å². The molecule has 1 atom stereocenters. The number of carbonyl (C=O) groups excluding carboxylic acids is 1. The van der Waals surface area contributed by atoms with Crippen LogP contribution in [0.5, 0.6) is 11.5 Å². The molecule has 2 amide bonds. The number of likely N-dealkylation sites (tertiary alicyclic amines) is 1. The summed E-state index contributed by atoms with van der Waals surface area (Å²) in [5.74, 6) is 1.80. The van der Waals surface area contributed by atoms with E-state index in [1.807, 2.05) is 71.4 Å². The van der Waals surface area contributed by atoms with Crippen molar-refractivity contribution in [2.45, 2.75) is 25.4 Å². The van der Waals surface area contributed by atoms with Gasteiger partial charge in [-0.3, -0.25) is 9.48 Å². The standard InChI is InChI=1S/C34H34N6O5/c1-44-27-15-14-24(29(19-27)45-2)20-36-32-30-28(16-17-35-32)40(26-9-6-18-39(21-26)34(42)43)38-31(30)22-10-12-23(13-11-22)33(41)37-25-7-4-3-5-8-25/h3-5,7-8,10-17,19,26H,6,9,18,20-21H2,1-2H3,(H,35,36)(H,37,41)(H,42,43). The lowest BCUT2D eigenvalue weighted by molar-refractivity contribution is 0.102. The molecule has 1 saturated heterocycles. The Bertz CT molecular complexity index is 1820. The lowest BCUT2D eigenvalue weighted by atomic mass is 10.0. The van der Waals surface area contributed by atoms with Crippen LogP contribution in [0.3, 0.4) is 0 Å². The van der Waals surface area contributed by atoms with Crippen LogP contribution in [0.2, 0.25) is 0 Å². The molecule has 0 radical (unpaired) electrons. The third-order valence-electron chi connectivity index (χ3n) is 8.03. The van der Waals surface area contributed by atoms with Crippen molar-refractivity contribution in [2.75, 3.05) is 37.9 Å². The molecule has 2 aromatic heterocycles. The van der Waals surface area contributed by atoms with E-state index in [0.717, 1.165) is 40.6 Å². The van der Waals surface area contributed by atoms with Gasteiger partial charge in [0.2, 0.25) is 0 Å². The fraction of sp³-hybridized carbons (Fsp3) is 0.235. The molecule has 0 aliphatic carbocycles. The molecule has 11 heteroatoms. The lowest BCUT2D eigenvalue weighted by Gasteiger charge is -2.31. The fourth-order valence-electron chi connectivity index (χ4n) is 5.71. The Balaban J connectivity index is 1.37. The van der Waals surface area contributed by atoms with Gasteiger partial charge in [0.05, 0.1) is 31.2 Å². The Morgan fingerprint density at radius 2 is 1.80 bits per heavy atom. The van der Waals surface area contributed by atoms with Crippen LogP contribution in [0.1, 0.15) is 34.8 Å². The molecule has 5 aromatic rings. The minimum absolute atomic E-state index is 0.140. The molecule has 0 saturated carbocycles. The highest BCUT2D eigenvalue weighted by Gasteiger charge is 2.28. The molecule has 1 aliphatic rings. The van der Waals surface area contributed by atoms with Gasteiger partial charge in [-0.15, -0.1) is 0 Å². The number of ether oxygens (including phenoxy) is 2. The molecule has 0 bridgehead atoms. The van der Waals surface area contributed by atoms with Gasteiger partial charge >= 0.3 is 6.09 Å². The monoisotopic (exact) mass is 606 g/mol. The second-order valence-electron chi connectivity index (χ2n) is 10.8. The first-order valence-corrected chi connectivity index (χ1v) is 14.7. The Morgan fingerprint density at radius 3 is 2.53 bits per heavy atom. The van der Waals surface area contributed by atoms with Crippen LogP contribution in [0.25, 0.3) is 22.2 Å². The third kappa shape index (κ3) is 6.23. The summed E-state index contributed by atoms with van der Waals surface area (Å²) in [4.78, 5) is 30.9. The van der Waals surface area contributed by atoms with Crippen LogP contribution in [0.15, 0.2) is 85.1 Å². The maximum absolute atomic E-state index is 12.9. The van der Waals surface area contributed by atoms with Gasteiger partial charge in [-0.2, -0.15) is 5.10 Å². The second kappa shape index (κ2) is 13.0. The summed E-state index contributed by atoms with van der Waals surface area (Å²) in [6, 6.07) is 24.0. The summed E-state index contributed by atoms with van der Waals surface area (Å²) < 4.78 is 12.9. The number of nitrogens with zero attached hydrogens (tertiary/aromatic N) is 4. The number of benzene rings is 3. The molecule has 3 N–H and O–H groups in total. The van der Waals surface area contributed by atoms with E-state index in [-0.39, 0.29) is 11.9 Å². The van der Waals surface area contributed by atoms with E-state index in [2.05, 4.69) is 10.6 Å². The van der Waals surface area contributed by atoms with Gasteiger partial charge in [0.1, 0.15) is 23.0 Å². The number of pyridine rings is 1. The average molecular weight is 607 g/mol. The van der Waals surface area contributed by atoms with E-state index in [4.69, 9.17) is 19.6 Å². The van der Waals surface area contributed by atoms with Gasteiger partial charge in [-0.1, -0.05) is 30.3 Å². The molecule has 6 rings (SSSR count). The van der Waals surface area contributed by atoms with Crippen molar-refractivity contribution in [3.05, 3.63) is 96.2 Å². The number of piperidine rings is 1. The summed E-state index contributed by atoms with van der Waals surface area (Å²) in [6.07, 6.45) is 2.34. The topological polar surface area (TPSA) is 131 Å². The van der Waals surface area contributed by atoms with Crippen molar-refractivity contribution in [1.29, 1.82) is 0 Å².